The number of piperidine rings is 1. The quantitative estimate of drug-likeness (QED) is 0.606. The molecule has 0 saturated carbocycles. The molecule has 4 rings (SSSR count). The summed E-state index contributed by atoms with van der Waals surface area (Å²) in [6.07, 6.45) is 1.96. The number of carbonyl (C=O) groups excluding carboxylic acids is 1. The second-order valence-corrected chi connectivity index (χ2v) is 7.75. The summed E-state index contributed by atoms with van der Waals surface area (Å²) in [5.74, 6) is 1.05. The Morgan fingerprint density at radius 3 is 2.73 bits per heavy atom. The van der Waals surface area contributed by atoms with Crippen LogP contribution in [0.2, 0.25) is 5.02 Å². The van der Waals surface area contributed by atoms with E-state index >= 15 is 0 Å². The Bertz CT molecular complexity index is 912. The minimum atomic E-state index is -0.0255. The number of thiophene rings is 1. The van der Waals surface area contributed by atoms with E-state index in [4.69, 9.17) is 16.1 Å². The predicted octanol–water partition coefficient (Wildman–Crippen LogP) is 5.38. The van der Waals surface area contributed by atoms with Crippen LogP contribution in [0.4, 0.5) is 0 Å². The van der Waals surface area contributed by atoms with Crippen molar-refractivity contribution in [2.45, 2.75) is 25.7 Å². The van der Waals surface area contributed by atoms with Crippen molar-refractivity contribution in [1.29, 1.82) is 0 Å². The molecule has 0 atom stereocenters. The molecule has 2 aromatic heterocycles. The highest BCUT2D eigenvalue weighted by Gasteiger charge is 2.30. The Balaban J connectivity index is 1.56. The smallest absolute Gasteiger partial charge is 0.259 e. The Kier molecular flexibility index (Phi) is 4.83. The van der Waals surface area contributed by atoms with Gasteiger partial charge in [0.1, 0.15) is 17.0 Å². The first-order valence-electron chi connectivity index (χ1n) is 8.67. The van der Waals surface area contributed by atoms with Crippen LogP contribution in [0.5, 0.6) is 0 Å². The highest BCUT2D eigenvalue weighted by atomic mass is 35.5. The number of aromatic nitrogens is 1. The molecule has 1 aliphatic rings. The summed E-state index contributed by atoms with van der Waals surface area (Å²) in [5.41, 5.74) is 3.16. The van der Waals surface area contributed by atoms with Crippen LogP contribution in [0.25, 0.3) is 11.3 Å². The number of benzene rings is 1. The molecule has 0 unspecified atom stereocenters. The van der Waals surface area contributed by atoms with Gasteiger partial charge in [0.15, 0.2) is 0 Å². The van der Waals surface area contributed by atoms with E-state index in [9.17, 15) is 4.79 Å². The number of hydrogen-bond donors (Lipinski definition) is 0. The molecule has 1 fully saturated rings. The largest absolute Gasteiger partial charge is 0.360 e. The molecule has 1 saturated heterocycles. The molecule has 26 heavy (non-hydrogen) atoms. The molecule has 0 bridgehead atoms. The molecule has 0 spiro atoms. The van der Waals surface area contributed by atoms with Crippen molar-refractivity contribution in [1.82, 2.24) is 10.1 Å². The topological polar surface area (TPSA) is 46.3 Å². The van der Waals surface area contributed by atoms with E-state index in [0.717, 1.165) is 31.5 Å². The maximum atomic E-state index is 13.2. The van der Waals surface area contributed by atoms with Gasteiger partial charge in [0.2, 0.25) is 0 Å². The van der Waals surface area contributed by atoms with E-state index < -0.39 is 0 Å². The molecule has 1 amide bonds. The number of rotatable bonds is 3. The van der Waals surface area contributed by atoms with Crippen LogP contribution >= 0.6 is 22.9 Å². The van der Waals surface area contributed by atoms with Crippen molar-refractivity contribution in [3.05, 3.63) is 63.0 Å². The van der Waals surface area contributed by atoms with Gasteiger partial charge in [-0.2, -0.15) is 11.3 Å². The lowest BCUT2D eigenvalue weighted by Crippen LogP contribution is -2.38. The van der Waals surface area contributed by atoms with Crippen molar-refractivity contribution in [2.24, 2.45) is 0 Å². The fourth-order valence-corrected chi connectivity index (χ4v) is 4.51. The summed E-state index contributed by atoms with van der Waals surface area (Å²) in [5, 5.41) is 9.00. The number of likely N-dealkylation sites (tertiary alicyclic amines) is 1. The second kappa shape index (κ2) is 7.25. The van der Waals surface area contributed by atoms with Gasteiger partial charge < -0.3 is 9.42 Å². The third-order valence-electron chi connectivity index (χ3n) is 5.00. The molecule has 1 aliphatic heterocycles. The van der Waals surface area contributed by atoms with Crippen molar-refractivity contribution in [3.63, 3.8) is 0 Å². The Morgan fingerprint density at radius 2 is 2.04 bits per heavy atom. The molecule has 134 valence electrons. The zero-order valence-electron chi connectivity index (χ0n) is 14.4. The van der Waals surface area contributed by atoms with Gasteiger partial charge in [-0.05, 0) is 54.1 Å². The van der Waals surface area contributed by atoms with E-state index in [2.05, 4.69) is 22.0 Å². The molecule has 0 aliphatic carbocycles. The van der Waals surface area contributed by atoms with Gasteiger partial charge >= 0.3 is 0 Å². The van der Waals surface area contributed by atoms with Gasteiger partial charge in [0.05, 0.1) is 5.02 Å². The summed E-state index contributed by atoms with van der Waals surface area (Å²) >= 11 is 8.03. The van der Waals surface area contributed by atoms with Crippen LogP contribution in [-0.2, 0) is 0 Å². The van der Waals surface area contributed by atoms with Crippen LogP contribution in [0.15, 0.2) is 45.6 Å². The molecule has 4 nitrogen and oxygen atoms in total. The maximum absolute atomic E-state index is 13.2. The van der Waals surface area contributed by atoms with Gasteiger partial charge in [0.25, 0.3) is 5.91 Å². The Hall–Kier alpha value is -2.11. The zero-order chi connectivity index (χ0) is 18.1. The minimum absolute atomic E-state index is 0.0255. The summed E-state index contributed by atoms with van der Waals surface area (Å²) in [4.78, 5) is 15.1. The SMILES string of the molecule is Cc1onc(-c2ccccc2Cl)c1C(=O)N1CCC(c2ccsc2)CC1. The third-order valence-corrected chi connectivity index (χ3v) is 6.03. The maximum Gasteiger partial charge on any atom is 0.259 e. The lowest BCUT2D eigenvalue weighted by molar-refractivity contribution is 0.0712. The zero-order valence-corrected chi connectivity index (χ0v) is 16.0. The van der Waals surface area contributed by atoms with Gasteiger partial charge in [-0.25, -0.2) is 0 Å². The van der Waals surface area contributed by atoms with Crippen LogP contribution in [0.1, 0.15) is 40.4 Å². The summed E-state index contributed by atoms with van der Waals surface area (Å²) < 4.78 is 5.34. The molecular weight excluding hydrogens is 368 g/mol. The van der Waals surface area contributed by atoms with E-state index in [-0.39, 0.29) is 5.91 Å². The van der Waals surface area contributed by atoms with Crippen molar-refractivity contribution in [3.8, 4) is 11.3 Å². The van der Waals surface area contributed by atoms with Gasteiger partial charge in [-0.1, -0.05) is 35.0 Å². The molecular formula is C20H19ClN2O2S. The number of halogens is 1. The Morgan fingerprint density at radius 1 is 1.27 bits per heavy atom. The molecule has 1 aromatic carbocycles. The summed E-state index contributed by atoms with van der Waals surface area (Å²) in [7, 11) is 0. The molecule has 0 radical (unpaired) electrons. The first-order valence-corrected chi connectivity index (χ1v) is 9.99. The lowest BCUT2D eigenvalue weighted by Gasteiger charge is -2.31. The summed E-state index contributed by atoms with van der Waals surface area (Å²) in [6, 6.07) is 9.58. The van der Waals surface area contributed by atoms with Crippen molar-refractivity contribution < 1.29 is 9.32 Å². The standard InChI is InChI=1S/C20H19ClN2O2S/c1-13-18(19(22-25-13)16-4-2-3-5-17(16)21)20(24)23-9-6-14(7-10-23)15-8-11-26-12-15/h2-5,8,11-12,14H,6-7,9-10H2,1H3. The normalized spacial score (nSPS) is 15.4. The molecule has 3 aromatic rings. The fraction of sp³-hybridized carbons (Fsp3) is 0.300. The lowest BCUT2D eigenvalue weighted by atomic mass is 9.91. The number of amides is 1. The second-order valence-electron chi connectivity index (χ2n) is 6.57. The highest BCUT2D eigenvalue weighted by molar-refractivity contribution is 7.08. The average molecular weight is 387 g/mol. The minimum Gasteiger partial charge on any atom is -0.360 e. The molecule has 3 heterocycles. The van der Waals surface area contributed by atoms with Gasteiger partial charge in [-0.15, -0.1) is 0 Å². The van der Waals surface area contributed by atoms with Gasteiger partial charge in [-0.3, -0.25) is 4.79 Å². The highest BCUT2D eigenvalue weighted by Crippen LogP contribution is 2.34. The monoisotopic (exact) mass is 386 g/mol. The van der Waals surface area contributed by atoms with Crippen molar-refractivity contribution in [2.75, 3.05) is 13.1 Å². The van der Waals surface area contributed by atoms with Crippen LogP contribution in [0, 0.1) is 6.92 Å². The molecule has 0 N–H and O–H groups in total. The number of aryl methyl sites for hydroxylation is 1. The van der Waals surface area contributed by atoms with Crippen LogP contribution in [0.3, 0.4) is 0 Å². The van der Waals surface area contributed by atoms with E-state index in [0.29, 0.717) is 28.0 Å². The van der Waals surface area contributed by atoms with Gasteiger partial charge in [0, 0.05) is 18.7 Å². The predicted molar refractivity (Wildman–Crippen MR) is 104 cm³/mol. The average Bonchev–Trinajstić information content (AvgIpc) is 3.32. The summed E-state index contributed by atoms with van der Waals surface area (Å²) in [6.45, 7) is 3.26. The Labute approximate surface area is 161 Å². The van der Waals surface area contributed by atoms with Crippen LogP contribution < -0.4 is 0 Å². The molecule has 6 heteroatoms. The van der Waals surface area contributed by atoms with Crippen molar-refractivity contribution >= 4 is 28.8 Å². The fourth-order valence-electron chi connectivity index (χ4n) is 3.54. The van der Waals surface area contributed by atoms with Crippen LogP contribution in [-0.4, -0.2) is 29.1 Å². The first-order chi connectivity index (χ1) is 12.6. The van der Waals surface area contributed by atoms with E-state index in [1.165, 1.54) is 5.56 Å². The van der Waals surface area contributed by atoms with E-state index in [1.807, 2.05) is 23.1 Å². The number of nitrogens with zero attached hydrogens (tertiary/aromatic N) is 2. The third kappa shape index (κ3) is 3.17. The number of hydrogen-bond acceptors (Lipinski definition) is 4. The number of carbonyl (C=O) groups is 1. The van der Waals surface area contributed by atoms with E-state index in [1.54, 1.807) is 24.3 Å². The first kappa shape index (κ1) is 17.3.